The van der Waals surface area contributed by atoms with E-state index in [1.54, 1.807) is 0 Å². The third kappa shape index (κ3) is 5.06. The fourth-order valence-corrected chi connectivity index (χ4v) is 4.40. The Hall–Kier alpha value is -3.26. The van der Waals surface area contributed by atoms with Gasteiger partial charge in [-0.3, -0.25) is 0 Å². The highest BCUT2D eigenvalue weighted by Gasteiger charge is 2.18. The molecule has 0 spiro atoms. The van der Waals surface area contributed by atoms with Gasteiger partial charge in [-0.05, 0) is 50.0 Å². The van der Waals surface area contributed by atoms with Crippen molar-refractivity contribution in [3.05, 3.63) is 42.0 Å². The van der Waals surface area contributed by atoms with Crippen molar-refractivity contribution < 1.29 is 4.74 Å². The Morgan fingerprint density at radius 1 is 0.970 bits per heavy atom. The Labute approximate surface area is 194 Å². The van der Waals surface area contributed by atoms with E-state index < -0.39 is 0 Å². The van der Waals surface area contributed by atoms with E-state index in [4.69, 9.17) is 24.7 Å². The maximum Gasteiger partial charge on any atom is 0.156 e. The van der Waals surface area contributed by atoms with Crippen LogP contribution in [0.1, 0.15) is 37.3 Å². The number of anilines is 3. The average molecular weight is 446 g/mol. The first-order valence-electron chi connectivity index (χ1n) is 11.8. The van der Waals surface area contributed by atoms with Crippen LogP contribution in [0.3, 0.4) is 0 Å². The minimum atomic E-state index is 0.378. The zero-order valence-corrected chi connectivity index (χ0v) is 19.4. The molecule has 2 aromatic heterocycles. The summed E-state index contributed by atoms with van der Waals surface area (Å²) in [6, 6.07) is 10.5. The number of hydrogen-bond donors (Lipinski definition) is 1. The zero-order chi connectivity index (χ0) is 22.6. The summed E-state index contributed by atoms with van der Waals surface area (Å²) < 4.78 is 5.50. The van der Waals surface area contributed by atoms with Gasteiger partial charge < -0.3 is 19.9 Å². The van der Waals surface area contributed by atoms with Crippen LogP contribution in [-0.2, 0) is 4.74 Å². The van der Waals surface area contributed by atoms with Crippen molar-refractivity contribution >= 4 is 40.5 Å². The quantitative estimate of drug-likeness (QED) is 0.613. The summed E-state index contributed by atoms with van der Waals surface area (Å²) in [5, 5.41) is 4.64. The molecule has 2 saturated heterocycles. The van der Waals surface area contributed by atoms with Crippen LogP contribution in [-0.4, -0.2) is 66.4 Å². The van der Waals surface area contributed by atoms with E-state index in [1.165, 1.54) is 12.8 Å². The lowest BCUT2D eigenvalue weighted by Gasteiger charge is -2.24. The molecule has 8 nitrogen and oxygen atoms in total. The van der Waals surface area contributed by atoms with Crippen LogP contribution in [0.2, 0.25) is 0 Å². The third-order valence-corrected chi connectivity index (χ3v) is 6.14. The number of fused-ring (bicyclic) bond motifs is 1. The maximum atomic E-state index is 5.50. The van der Waals surface area contributed by atoms with Gasteiger partial charge in [-0.1, -0.05) is 12.1 Å². The van der Waals surface area contributed by atoms with Gasteiger partial charge in [0, 0.05) is 57.9 Å². The molecule has 4 heterocycles. The predicted octanol–water partition coefficient (Wildman–Crippen LogP) is 3.85. The fraction of sp³-hybridized carbons (Fsp3) is 0.440. The molecule has 33 heavy (non-hydrogen) atoms. The van der Waals surface area contributed by atoms with Gasteiger partial charge in [-0.2, -0.15) is 0 Å². The largest absolute Gasteiger partial charge is 0.381 e. The molecule has 0 unspecified atom stereocenters. The van der Waals surface area contributed by atoms with E-state index >= 15 is 0 Å². The second-order valence-corrected chi connectivity index (χ2v) is 8.85. The molecule has 0 aliphatic carbocycles. The van der Waals surface area contributed by atoms with Crippen LogP contribution < -0.4 is 15.1 Å². The van der Waals surface area contributed by atoms with Crippen molar-refractivity contribution in [3.8, 4) is 0 Å². The van der Waals surface area contributed by atoms with Gasteiger partial charge in [0.15, 0.2) is 11.6 Å². The SMILES string of the molecule is CN(C)c1nc(/C=C/c2nc(NC3CCOCC3)cc(N3CCCC3)n2)nc2ccccc12. The molecule has 1 N–H and O–H groups in total. The van der Waals surface area contributed by atoms with Crippen molar-refractivity contribution in [2.24, 2.45) is 0 Å². The van der Waals surface area contributed by atoms with E-state index in [0.717, 1.165) is 67.5 Å². The Kier molecular flexibility index (Phi) is 6.35. The van der Waals surface area contributed by atoms with Gasteiger partial charge in [-0.25, -0.2) is 19.9 Å². The standard InChI is InChI=1S/C25H31N7O/c1-31(2)25-19-7-3-4-8-20(19)27-21(30-25)9-10-22-28-23(26-18-11-15-33-16-12-18)17-24(29-22)32-13-5-6-14-32/h3-4,7-10,17-18H,5-6,11-16H2,1-2H3,(H,26,28,29)/b10-9+. The summed E-state index contributed by atoms with van der Waals surface area (Å²) in [7, 11) is 4.00. The lowest BCUT2D eigenvalue weighted by atomic mass is 10.1. The van der Waals surface area contributed by atoms with Crippen LogP contribution in [0.15, 0.2) is 30.3 Å². The van der Waals surface area contributed by atoms with Gasteiger partial charge in [-0.15, -0.1) is 0 Å². The smallest absolute Gasteiger partial charge is 0.156 e. The number of hydrogen-bond acceptors (Lipinski definition) is 8. The minimum absolute atomic E-state index is 0.378. The van der Waals surface area contributed by atoms with E-state index in [9.17, 15) is 0 Å². The van der Waals surface area contributed by atoms with E-state index in [0.29, 0.717) is 17.7 Å². The summed E-state index contributed by atoms with van der Waals surface area (Å²) in [4.78, 5) is 23.5. The number of nitrogens with zero attached hydrogens (tertiary/aromatic N) is 6. The van der Waals surface area contributed by atoms with E-state index in [2.05, 4.69) is 22.3 Å². The molecule has 5 rings (SSSR count). The summed E-state index contributed by atoms with van der Waals surface area (Å²) in [6.07, 6.45) is 8.21. The molecule has 0 bridgehead atoms. The first-order chi connectivity index (χ1) is 16.2. The van der Waals surface area contributed by atoms with E-state index in [1.807, 2.05) is 49.3 Å². The van der Waals surface area contributed by atoms with Crippen molar-refractivity contribution in [2.75, 3.05) is 55.5 Å². The summed E-state index contributed by atoms with van der Waals surface area (Å²) >= 11 is 0. The van der Waals surface area contributed by atoms with Gasteiger partial charge in [0.1, 0.15) is 17.5 Å². The number of rotatable bonds is 6. The molecule has 0 atom stereocenters. The second kappa shape index (κ2) is 9.70. The molecule has 0 amide bonds. The normalized spacial score (nSPS) is 17.2. The zero-order valence-electron chi connectivity index (χ0n) is 19.4. The molecule has 3 aromatic rings. The number of nitrogens with one attached hydrogen (secondary N) is 1. The van der Waals surface area contributed by atoms with Gasteiger partial charge in [0.2, 0.25) is 0 Å². The lowest BCUT2D eigenvalue weighted by molar-refractivity contribution is 0.0904. The minimum Gasteiger partial charge on any atom is -0.381 e. The molecule has 2 fully saturated rings. The fourth-order valence-electron chi connectivity index (χ4n) is 4.40. The van der Waals surface area contributed by atoms with Gasteiger partial charge in [0.25, 0.3) is 0 Å². The third-order valence-electron chi connectivity index (χ3n) is 6.14. The molecular formula is C25H31N7O. The van der Waals surface area contributed by atoms with Crippen molar-refractivity contribution in [1.29, 1.82) is 0 Å². The van der Waals surface area contributed by atoms with Crippen molar-refractivity contribution in [2.45, 2.75) is 31.7 Å². The van der Waals surface area contributed by atoms with Crippen molar-refractivity contribution in [3.63, 3.8) is 0 Å². The molecule has 8 heteroatoms. The molecular weight excluding hydrogens is 414 g/mol. The Bertz CT molecular complexity index is 1130. The highest BCUT2D eigenvalue weighted by molar-refractivity contribution is 5.90. The number of para-hydroxylation sites is 1. The Morgan fingerprint density at radius 2 is 1.70 bits per heavy atom. The topological polar surface area (TPSA) is 79.3 Å². The summed E-state index contributed by atoms with van der Waals surface area (Å²) in [6.45, 7) is 3.66. The van der Waals surface area contributed by atoms with Crippen LogP contribution in [0.5, 0.6) is 0 Å². The first kappa shape index (κ1) is 21.6. The van der Waals surface area contributed by atoms with Crippen LogP contribution in [0, 0.1) is 0 Å². The summed E-state index contributed by atoms with van der Waals surface area (Å²) in [5.74, 6) is 4.05. The molecule has 2 aliphatic rings. The first-order valence-corrected chi connectivity index (χ1v) is 11.8. The van der Waals surface area contributed by atoms with Crippen LogP contribution in [0.25, 0.3) is 23.1 Å². The highest BCUT2D eigenvalue weighted by Crippen LogP contribution is 2.25. The molecule has 0 radical (unpaired) electrons. The number of ether oxygens (including phenoxy) is 1. The van der Waals surface area contributed by atoms with Crippen LogP contribution >= 0.6 is 0 Å². The van der Waals surface area contributed by atoms with E-state index in [-0.39, 0.29) is 0 Å². The maximum absolute atomic E-state index is 5.50. The monoisotopic (exact) mass is 445 g/mol. The number of aromatic nitrogens is 4. The predicted molar refractivity (Wildman–Crippen MR) is 134 cm³/mol. The molecule has 172 valence electrons. The van der Waals surface area contributed by atoms with Crippen LogP contribution in [0.4, 0.5) is 17.5 Å². The number of benzene rings is 1. The molecule has 1 aromatic carbocycles. The van der Waals surface area contributed by atoms with Crippen molar-refractivity contribution in [1.82, 2.24) is 19.9 Å². The average Bonchev–Trinajstić information content (AvgIpc) is 3.38. The molecule has 2 aliphatic heterocycles. The lowest BCUT2D eigenvalue weighted by Crippen LogP contribution is -2.28. The molecule has 0 saturated carbocycles. The Balaban J connectivity index is 1.46. The van der Waals surface area contributed by atoms with Gasteiger partial charge in [0.05, 0.1) is 5.52 Å². The second-order valence-electron chi connectivity index (χ2n) is 8.85. The Morgan fingerprint density at radius 3 is 2.45 bits per heavy atom. The highest BCUT2D eigenvalue weighted by atomic mass is 16.5. The van der Waals surface area contributed by atoms with Gasteiger partial charge >= 0.3 is 0 Å². The summed E-state index contributed by atoms with van der Waals surface area (Å²) in [5.41, 5.74) is 0.921.